The number of hydrogen-bond acceptors (Lipinski definition) is 9. The first kappa shape index (κ1) is 28.8. The van der Waals surface area contributed by atoms with Crippen molar-refractivity contribution in [2.75, 3.05) is 30.5 Å². The van der Waals surface area contributed by atoms with E-state index in [1.54, 1.807) is 42.7 Å². The molecule has 4 amide bonds. The average molecular weight is 624 g/mol. The van der Waals surface area contributed by atoms with Crippen LogP contribution in [0.25, 0.3) is 10.2 Å². The normalized spacial score (nSPS) is 19.6. The standard InChI is InChI=1S/C32H33N9O3S/c1-2-13-39-19-29(42)40-26(15-22-11-12-24-25(14-22)36-37-35-24)31(43)38(17-23-9-6-10-27-30(23)34-20-45-27)18-28(40)41(39)32(44)33-16-21-7-4-3-5-8-21/h2-12,14,20,26,28,35-37H,1,13,15-19H2,(H,33,44)/t26-,28-/m0/s1. The molecule has 2 atom stereocenters. The maximum absolute atomic E-state index is 14.4. The smallest absolute Gasteiger partial charge is 0.333 e. The first-order chi connectivity index (χ1) is 22.0. The third-order valence-electron chi connectivity index (χ3n) is 8.38. The van der Waals surface area contributed by atoms with Gasteiger partial charge in [0.2, 0.25) is 11.8 Å². The first-order valence-electron chi connectivity index (χ1n) is 14.8. The van der Waals surface area contributed by atoms with E-state index in [2.05, 4.69) is 33.3 Å². The van der Waals surface area contributed by atoms with Crippen LogP contribution in [0.3, 0.4) is 0 Å². The van der Waals surface area contributed by atoms with Gasteiger partial charge in [-0.25, -0.2) is 19.8 Å². The number of thiazole rings is 1. The average Bonchev–Trinajstić information content (AvgIpc) is 3.73. The van der Waals surface area contributed by atoms with Crippen LogP contribution >= 0.6 is 11.3 Å². The number of amides is 4. The fourth-order valence-corrected chi connectivity index (χ4v) is 7.02. The molecule has 0 aliphatic carbocycles. The minimum Gasteiger partial charge on any atom is -0.333 e. The molecule has 3 aliphatic heterocycles. The molecule has 0 radical (unpaired) electrons. The second kappa shape index (κ2) is 12.2. The lowest BCUT2D eigenvalue weighted by atomic mass is 9.97. The topological polar surface area (TPSA) is 125 Å². The van der Waals surface area contributed by atoms with Crippen LogP contribution in [0.15, 0.2) is 84.9 Å². The highest BCUT2D eigenvalue weighted by molar-refractivity contribution is 7.16. The number of nitrogens with zero attached hydrogens (tertiary/aromatic N) is 5. The van der Waals surface area contributed by atoms with E-state index < -0.39 is 12.2 Å². The Balaban J connectivity index is 1.24. The molecule has 4 heterocycles. The number of carbonyl (C=O) groups is 3. The quantitative estimate of drug-likeness (QED) is 0.221. The molecule has 230 valence electrons. The summed E-state index contributed by atoms with van der Waals surface area (Å²) >= 11 is 1.55. The molecule has 0 saturated carbocycles. The number of urea groups is 1. The summed E-state index contributed by atoms with van der Waals surface area (Å²) in [6, 6.07) is 20.3. The molecule has 4 N–H and O–H groups in total. The number of fused-ring (bicyclic) bond motifs is 3. The third kappa shape index (κ3) is 5.57. The molecule has 0 unspecified atom stereocenters. The monoisotopic (exact) mass is 623 g/mol. The van der Waals surface area contributed by atoms with Crippen LogP contribution in [-0.4, -0.2) is 74.5 Å². The maximum atomic E-state index is 14.4. The van der Waals surface area contributed by atoms with E-state index >= 15 is 0 Å². The minimum atomic E-state index is -0.818. The van der Waals surface area contributed by atoms with E-state index in [-0.39, 0.29) is 37.4 Å². The van der Waals surface area contributed by atoms with Gasteiger partial charge in [0.25, 0.3) is 0 Å². The van der Waals surface area contributed by atoms with Gasteiger partial charge in [-0.3, -0.25) is 9.59 Å². The summed E-state index contributed by atoms with van der Waals surface area (Å²) in [5.41, 5.74) is 16.1. The van der Waals surface area contributed by atoms with Gasteiger partial charge in [0.05, 0.1) is 40.2 Å². The molecule has 0 bridgehead atoms. The van der Waals surface area contributed by atoms with Gasteiger partial charge in [0.15, 0.2) is 0 Å². The number of hydrogen-bond donors (Lipinski definition) is 4. The van der Waals surface area contributed by atoms with Gasteiger partial charge in [-0.05, 0) is 34.9 Å². The second-order valence-electron chi connectivity index (χ2n) is 11.2. The molecule has 1 aromatic heterocycles. The Morgan fingerprint density at radius 1 is 1.04 bits per heavy atom. The SMILES string of the molecule is C=CCN1CC(=O)N2[C@@H](Cc3ccc4c(c3)NNN4)C(=O)N(Cc3cccc4scnc34)C[C@@H]2N1C(=O)NCc1ccccc1. The summed E-state index contributed by atoms with van der Waals surface area (Å²) in [6.45, 7) is 4.87. The van der Waals surface area contributed by atoms with Crippen LogP contribution in [0, 0.1) is 0 Å². The molecule has 13 heteroatoms. The number of piperazine rings is 1. The van der Waals surface area contributed by atoms with Crippen molar-refractivity contribution in [2.24, 2.45) is 0 Å². The Labute approximate surface area is 264 Å². The molecule has 7 rings (SSSR count). The summed E-state index contributed by atoms with van der Waals surface area (Å²) < 4.78 is 1.04. The minimum absolute atomic E-state index is 0.0528. The van der Waals surface area contributed by atoms with Crippen molar-refractivity contribution in [2.45, 2.75) is 31.7 Å². The lowest BCUT2D eigenvalue weighted by molar-refractivity contribution is -0.189. The van der Waals surface area contributed by atoms with E-state index in [1.807, 2.05) is 66.7 Å². The molecular formula is C32H33N9O3S. The number of rotatable bonds is 8. The summed E-state index contributed by atoms with van der Waals surface area (Å²) in [5.74, 6) is -0.380. The molecule has 3 aliphatic rings. The largest absolute Gasteiger partial charge is 0.334 e. The van der Waals surface area contributed by atoms with Crippen molar-refractivity contribution in [3.63, 3.8) is 0 Å². The van der Waals surface area contributed by atoms with E-state index in [9.17, 15) is 14.4 Å². The van der Waals surface area contributed by atoms with Crippen LogP contribution in [0.2, 0.25) is 0 Å². The second-order valence-corrected chi connectivity index (χ2v) is 12.1. The number of benzene rings is 3. The van der Waals surface area contributed by atoms with Crippen LogP contribution in [0.5, 0.6) is 0 Å². The lowest BCUT2D eigenvalue weighted by Crippen LogP contribution is -2.76. The Morgan fingerprint density at radius 3 is 2.73 bits per heavy atom. The fourth-order valence-electron chi connectivity index (χ4n) is 6.30. The Bertz CT molecular complexity index is 1760. The van der Waals surface area contributed by atoms with E-state index in [0.29, 0.717) is 19.6 Å². The molecule has 0 spiro atoms. The molecule has 12 nitrogen and oxygen atoms in total. The van der Waals surface area contributed by atoms with Crippen LogP contribution in [0.1, 0.15) is 16.7 Å². The number of anilines is 2. The molecule has 2 saturated heterocycles. The van der Waals surface area contributed by atoms with Gasteiger partial charge in [-0.2, -0.15) is 0 Å². The fraction of sp³-hybridized carbons (Fsp3) is 0.250. The van der Waals surface area contributed by atoms with Crippen LogP contribution < -0.4 is 21.7 Å². The molecule has 45 heavy (non-hydrogen) atoms. The van der Waals surface area contributed by atoms with Crippen molar-refractivity contribution < 1.29 is 14.4 Å². The van der Waals surface area contributed by atoms with Crippen molar-refractivity contribution in [1.29, 1.82) is 0 Å². The maximum Gasteiger partial charge on any atom is 0.334 e. The molecule has 3 aromatic carbocycles. The third-order valence-corrected chi connectivity index (χ3v) is 9.17. The molecular weight excluding hydrogens is 590 g/mol. The Morgan fingerprint density at radius 2 is 1.89 bits per heavy atom. The zero-order chi connectivity index (χ0) is 30.9. The number of nitrogens with one attached hydrogen (secondary N) is 4. The predicted octanol–water partition coefficient (Wildman–Crippen LogP) is 3.29. The van der Waals surface area contributed by atoms with E-state index in [0.717, 1.165) is 38.3 Å². The van der Waals surface area contributed by atoms with Gasteiger partial charge in [-0.15, -0.1) is 23.5 Å². The number of aromatic nitrogens is 1. The van der Waals surface area contributed by atoms with Crippen LogP contribution in [0.4, 0.5) is 16.2 Å². The van der Waals surface area contributed by atoms with Gasteiger partial charge in [0, 0.05) is 26.1 Å². The van der Waals surface area contributed by atoms with Gasteiger partial charge < -0.3 is 26.0 Å². The van der Waals surface area contributed by atoms with Gasteiger partial charge in [-0.1, -0.05) is 54.6 Å². The highest BCUT2D eigenvalue weighted by Gasteiger charge is 2.51. The summed E-state index contributed by atoms with van der Waals surface area (Å²) in [7, 11) is 0. The van der Waals surface area contributed by atoms with Gasteiger partial charge in [0.1, 0.15) is 12.2 Å². The number of hydrazine groups is 3. The molecule has 4 aromatic rings. The summed E-state index contributed by atoms with van der Waals surface area (Å²) in [4.78, 5) is 50.1. The van der Waals surface area contributed by atoms with Crippen LogP contribution in [-0.2, 0) is 29.1 Å². The highest BCUT2D eigenvalue weighted by atomic mass is 32.1. The summed E-state index contributed by atoms with van der Waals surface area (Å²) in [5, 5.41) is 6.34. The Hall–Kier alpha value is -4.98. The summed E-state index contributed by atoms with van der Waals surface area (Å²) in [6.07, 6.45) is 1.23. The molecule has 2 fully saturated rings. The van der Waals surface area contributed by atoms with Crippen molar-refractivity contribution in [1.82, 2.24) is 35.7 Å². The highest BCUT2D eigenvalue weighted by Crippen LogP contribution is 2.32. The van der Waals surface area contributed by atoms with E-state index in [1.165, 1.54) is 0 Å². The van der Waals surface area contributed by atoms with Crippen molar-refractivity contribution in [3.8, 4) is 0 Å². The lowest BCUT2D eigenvalue weighted by Gasteiger charge is -2.55. The number of carbonyl (C=O) groups excluding carboxylic acids is 3. The zero-order valence-corrected chi connectivity index (χ0v) is 25.3. The number of para-hydroxylation sites is 1. The first-order valence-corrected chi connectivity index (χ1v) is 15.7. The van der Waals surface area contributed by atoms with Crippen molar-refractivity contribution in [3.05, 3.63) is 102 Å². The van der Waals surface area contributed by atoms with E-state index in [4.69, 9.17) is 0 Å². The van der Waals surface area contributed by atoms with Crippen molar-refractivity contribution >= 4 is 50.8 Å². The Kier molecular flexibility index (Phi) is 7.79. The predicted molar refractivity (Wildman–Crippen MR) is 172 cm³/mol. The van der Waals surface area contributed by atoms with Gasteiger partial charge >= 0.3 is 6.03 Å². The zero-order valence-electron chi connectivity index (χ0n) is 24.5.